The van der Waals surface area contributed by atoms with Crippen molar-refractivity contribution in [1.29, 1.82) is 0 Å². The molecule has 0 aromatic heterocycles. The van der Waals surface area contributed by atoms with Crippen LogP contribution < -0.4 is 30.2 Å². The summed E-state index contributed by atoms with van der Waals surface area (Å²) in [4.78, 5) is 67.2. The molecule has 8 bridgehead atoms. The second-order valence-corrected chi connectivity index (χ2v) is 27.6. The first-order valence-electron chi connectivity index (χ1n) is 25.9. The van der Waals surface area contributed by atoms with Crippen LogP contribution in [0.3, 0.4) is 0 Å². The lowest BCUT2D eigenvalue weighted by atomic mass is 9.87. The first-order valence-corrected chi connectivity index (χ1v) is 29.1. The summed E-state index contributed by atoms with van der Waals surface area (Å²) in [5.74, 6) is -0.685. The number of nitro benzene ring substituents is 2. The van der Waals surface area contributed by atoms with Crippen LogP contribution in [0.15, 0.2) is 136 Å². The normalized spacial score (nSPS) is 12.7. The van der Waals surface area contributed by atoms with E-state index in [2.05, 4.69) is 99.0 Å². The number of carbonyl (C=O) groups excluding carboxylic acids is 3. The largest absolute Gasteiger partial charge is 0.506 e. The van der Waals surface area contributed by atoms with Crippen molar-refractivity contribution in [2.24, 2.45) is 0 Å². The first-order chi connectivity index (χ1) is 37.9. The second-order valence-electron chi connectivity index (χ2n) is 23.3. The van der Waals surface area contributed by atoms with Crippen LogP contribution in [0.4, 0.5) is 22.7 Å². The van der Waals surface area contributed by atoms with Crippen LogP contribution in [-0.4, -0.2) is 70.8 Å². The molecule has 0 atom stereocenters. The number of phenols is 1. The highest BCUT2D eigenvalue weighted by Gasteiger charge is 2.31. The number of hydrogen-bond acceptors (Lipinski definition) is 16. The lowest BCUT2D eigenvalue weighted by Gasteiger charge is -2.28. The molecule has 21 heteroatoms. The van der Waals surface area contributed by atoms with E-state index in [0.29, 0.717) is 67.8 Å². The molecule has 5 N–H and O–H groups in total. The number of phenolic OH excluding ortho intramolecular Hbond substituents is 1. The summed E-state index contributed by atoms with van der Waals surface area (Å²) < 4.78 is 20.0. The van der Waals surface area contributed by atoms with E-state index in [0.717, 1.165) is 22.3 Å². The van der Waals surface area contributed by atoms with Gasteiger partial charge in [-0.25, -0.2) is 0 Å². The van der Waals surface area contributed by atoms with Gasteiger partial charge in [0.1, 0.15) is 23.0 Å². The maximum atomic E-state index is 13.9. The molecule has 0 aliphatic carbocycles. The first kappa shape index (κ1) is 61.7. The van der Waals surface area contributed by atoms with E-state index < -0.39 is 69.0 Å². The van der Waals surface area contributed by atoms with Crippen molar-refractivity contribution in [1.82, 2.24) is 5.32 Å². The number of fused-ring (bicyclic) bond motifs is 8. The number of anilines is 2. The van der Waals surface area contributed by atoms with Gasteiger partial charge in [-0.05, 0) is 117 Å². The maximum Gasteiger partial charge on any atom is 0.269 e. The van der Waals surface area contributed by atoms with Crippen LogP contribution >= 0.6 is 47.0 Å². The molecule has 6 aromatic rings. The summed E-state index contributed by atoms with van der Waals surface area (Å²) in [5, 5.41) is 53.4. The average molecular weight is 1180 g/mol. The molecule has 0 spiro atoms. The molecule has 0 saturated heterocycles. The standard InChI is InChI=1S/C60H67N5O12S4/c1-57(2,3)34-23-42-53(70)43(24-34)79-45-26-36(59(7,8)9)28-47(55(45)77-33-52(69)63-39-15-19-41(20-16-39)65(73)74)81-49-30-37(60(10,11)12)29-48(56(49)75-31-50(67)61-21-22-66)80-46-27-35(58(4,5)6)25-44(78-42)54(46)76-32-51(68)62-38-13-17-40(18-14-38)64(71)72/h13-20,23-30,66,70H,21-22,31-33H2,1-12H3,(H,61,67)(H,62,68)(H,63,69). The van der Waals surface area contributed by atoms with Crippen molar-refractivity contribution in [3.63, 3.8) is 0 Å². The van der Waals surface area contributed by atoms with Gasteiger partial charge >= 0.3 is 0 Å². The van der Waals surface area contributed by atoms with Crippen molar-refractivity contribution < 1.29 is 48.7 Å². The number of carbonyl (C=O) groups is 3. The third kappa shape index (κ3) is 16.0. The van der Waals surface area contributed by atoms with Gasteiger partial charge in [0, 0.05) is 42.2 Å². The molecule has 428 valence electrons. The number of aromatic hydroxyl groups is 1. The predicted octanol–water partition coefficient (Wildman–Crippen LogP) is 13.8. The van der Waals surface area contributed by atoms with E-state index in [9.17, 15) is 44.8 Å². The Labute approximate surface area is 488 Å². The molecule has 6 aromatic carbocycles. The van der Waals surface area contributed by atoms with Gasteiger partial charge in [0.05, 0.1) is 55.6 Å². The predicted molar refractivity (Wildman–Crippen MR) is 319 cm³/mol. The Balaban J connectivity index is 1.50. The number of benzene rings is 6. The lowest BCUT2D eigenvalue weighted by Crippen LogP contribution is -2.31. The van der Waals surface area contributed by atoms with Crippen LogP contribution in [0, 0.1) is 20.2 Å². The van der Waals surface area contributed by atoms with Crippen LogP contribution in [0.25, 0.3) is 0 Å². The summed E-state index contributed by atoms with van der Waals surface area (Å²) in [6, 6.07) is 26.8. The Morgan fingerprint density at radius 2 is 0.716 bits per heavy atom. The minimum absolute atomic E-state index is 0.000242. The summed E-state index contributed by atoms with van der Waals surface area (Å²) in [6.07, 6.45) is 0. The van der Waals surface area contributed by atoms with Gasteiger partial charge in [0.2, 0.25) is 0 Å². The number of non-ortho nitro benzene ring substituents is 2. The summed E-state index contributed by atoms with van der Waals surface area (Å²) in [5.41, 5.74) is 2.13. The zero-order chi connectivity index (χ0) is 59.4. The molecule has 3 amide bonds. The van der Waals surface area contributed by atoms with Crippen molar-refractivity contribution in [3.8, 4) is 23.0 Å². The number of nitro groups is 2. The van der Waals surface area contributed by atoms with E-state index in [1.807, 2.05) is 48.5 Å². The summed E-state index contributed by atoms with van der Waals surface area (Å²) in [6.45, 7) is 23.2. The van der Waals surface area contributed by atoms with E-state index >= 15 is 0 Å². The Hall–Kier alpha value is -6.91. The van der Waals surface area contributed by atoms with E-state index in [1.54, 1.807) is 0 Å². The van der Waals surface area contributed by atoms with Gasteiger partial charge in [-0.2, -0.15) is 0 Å². The molecule has 7 rings (SSSR count). The highest BCUT2D eigenvalue weighted by molar-refractivity contribution is 8.01. The number of nitrogens with one attached hydrogen (secondary N) is 3. The fraction of sp³-hybridized carbons (Fsp3) is 0.350. The monoisotopic (exact) mass is 1180 g/mol. The van der Waals surface area contributed by atoms with Crippen molar-refractivity contribution >= 4 is 87.5 Å². The van der Waals surface area contributed by atoms with Crippen LogP contribution in [-0.2, 0) is 36.0 Å². The SMILES string of the molecule is CC(C)(C)c1cc2c(O)c(c1)Sc1cc(C(C)(C)C)cc(c1OCC(=O)Nc1ccc([N+](=O)[O-])cc1)Sc1cc(C(C)(C)C)cc(c1OCC(=O)NCCO)Sc1cc(C(C)(C)C)cc(c1OCC(=O)Nc1ccc([N+](=O)[O-])cc1)S2. The highest BCUT2D eigenvalue weighted by Crippen LogP contribution is 2.56. The van der Waals surface area contributed by atoms with Crippen LogP contribution in [0.1, 0.15) is 105 Å². The summed E-state index contributed by atoms with van der Waals surface area (Å²) in [7, 11) is 0. The molecular weight excluding hydrogens is 1110 g/mol. The highest BCUT2D eigenvalue weighted by atomic mass is 32.2. The third-order valence-corrected chi connectivity index (χ3v) is 16.8. The second kappa shape index (κ2) is 25.1. The Kier molecular flexibility index (Phi) is 19.1. The van der Waals surface area contributed by atoms with E-state index in [-0.39, 0.29) is 30.3 Å². The zero-order valence-corrected chi connectivity index (χ0v) is 50.5. The Bertz CT molecular complexity index is 3190. The molecule has 0 radical (unpaired) electrons. The van der Waals surface area contributed by atoms with Crippen LogP contribution in [0.5, 0.6) is 23.0 Å². The number of rotatable bonds is 15. The molecule has 1 aliphatic rings. The number of aliphatic hydroxyl groups excluding tert-OH is 1. The van der Waals surface area contributed by atoms with E-state index in [4.69, 9.17) is 14.2 Å². The minimum Gasteiger partial charge on any atom is -0.506 e. The van der Waals surface area contributed by atoms with Crippen molar-refractivity contribution in [2.75, 3.05) is 43.6 Å². The molecule has 1 aliphatic heterocycles. The summed E-state index contributed by atoms with van der Waals surface area (Å²) >= 11 is 5.13. The maximum absolute atomic E-state index is 13.9. The van der Waals surface area contributed by atoms with Crippen molar-refractivity contribution in [2.45, 2.75) is 144 Å². The fourth-order valence-corrected chi connectivity index (χ4v) is 12.6. The molecule has 1 heterocycles. The molecular formula is C60H67N5O12S4. The Morgan fingerprint density at radius 1 is 0.457 bits per heavy atom. The lowest BCUT2D eigenvalue weighted by molar-refractivity contribution is -0.385. The number of hydrogen-bond donors (Lipinski definition) is 5. The Morgan fingerprint density at radius 3 is 0.975 bits per heavy atom. The molecule has 0 saturated carbocycles. The van der Waals surface area contributed by atoms with Gasteiger partial charge in [0.15, 0.2) is 19.8 Å². The fourth-order valence-electron chi connectivity index (χ4n) is 7.94. The topological polar surface area (TPSA) is 242 Å². The van der Waals surface area contributed by atoms with Crippen LogP contribution in [0.2, 0.25) is 0 Å². The number of amides is 3. The van der Waals surface area contributed by atoms with Gasteiger partial charge in [-0.1, -0.05) is 130 Å². The number of aliphatic hydroxyl groups is 1. The van der Waals surface area contributed by atoms with Gasteiger partial charge in [-0.3, -0.25) is 34.6 Å². The van der Waals surface area contributed by atoms with Crippen molar-refractivity contribution in [3.05, 3.63) is 140 Å². The zero-order valence-electron chi connectivity index (χ0n) is 47.3. The third-order valence-electron chi connectivity index (χ3n) is 12.6. The minimum atomic E-state index is -0.544. The number of nitrogens with zero attached hydrogens (tertiary/aromatic N) is 2. The van der Waals surface area contributed by atoms with Gasteiger partial charge in [0.25, 0.3) is 29.1 Å². The molecule has 0 fully saturated rings. The molecule has 17 nitrogen and oxygen atoms in total. The quantitative estimate of drug-likeness (QED) is 0.0473. The average Bonchev–Trinajstić information content (AvgIpc) is 3.32. The number of ether oxygens (including phenoxy) is 3. The van der Waals surface area contributed by atoms with Gasteiger partial charge in [-0.15, -0.1) is 0 Å². The molecule has 0 unspecified atom stereocenters. The molecule has 81 heavy (non-hydrogen) atoms. The van der Waals surface area contributed by atoms with Gasteiger partial charge < -0.3 is 40.4 Å². The van der Waals surface area contributed by atoms with E-state index in [1.165, 1.54) is 95.6 Å². The smallest absolute Gasteiger partial charge is 0.269 e.